The summed E-state index contributed by atoms with van der Waals surface area (Å²) in [4.78, 5) is 9.22. The monoisotopic (exact) mass is 277 g/mol. The first kappa shape index (κ1) is 13.7. The van der Waals surface area contributed by atoms with E-state index >= 15 is 0 Å². The number of benzene rings is 1. The molecule has 0 fully saturated rings. The van der Waals surface area contributed by atoms with Crippen molar-refractivity contribution in [3.05, 3.63) is 71.7 Å². The molecule has 1 atom stereocenters. The van der Waals surface area contributed by atoms with Crippen LogP contribution in [-0.2, 0) is 0 Å². The zero-order valence-electron chi connectivity index (χ0n) is 12.4. The molecule has 0 amide bonds. The van der Waals surface area contributed by atoms with Crippen molar-refractivity contribution in [2.24, 2.45) is 0 Å². The van der Waals surface area contributed by atoms with E-state index in [9.17, 15) is 0 Å². The van der Waals surface area contributed by atoms with E-state index in [0.717, 1.165) is 34.4 Å². The van der Waals surface area contributed by atoms with E-state index in [1.807, 2.05) is 37.4 Å². The van der Waals surface area contributed by atoms with Crippen molar-refractivity contribution in [1.29, 1.82) is 0 Å². The number of nitrogens with one attached hydrogen (secondary N) is 1. The van der Waals surface area contributed by atoms with Crippen LogP contribution in [0.15, 0.2) is 54.7 Å². The second-order valence-electron chi connectivity index (χ2n) is 5.16. The third-order valence-electron chi connectivity index (χ3n) is 3.56. The van der Waals surface area contributed by atoms with E-state index in [0.29, 0.717) is 0 Å². The van der Waals surface area contributed by atoms with Crippen LogP contribution in [-0.4, -0.2) is 16.5 Å². The van der Waals surface area contributed by atoms with Crippen LogP contribution >= 0.6 is 0 Å². The summed E-state index contributed by atoms with van der Waals surface area (Å²) in [6, 6.07) is 16.6. The van der Waals surface area contributed by atoms with Gasteiger partial charge in [0.15, 0.2) is 0 Å². The van der Waals surface area contributed by atoms with Gasteiger partial charge in [-0.25, -0.2) is 0 Å². The van der Waals surface area contributed by atoms with Crippen molar-refractivity contribution in [3.63, 3.8) is 0 Å². The Balaban J connectivity index is 2.06. The van der Waals surface area contributed by atoms with Crippen molar-refractivity contribution in [1.82, 2.24) is 15.3 Å². The summed E-state index contributed by atoms with van der Waals surface area (Å²) in [6.45, 7) is 5.01. The van der Waals surface area contributed by atoms with Crippen LogP contribution in [0.4, 0.5) is 0 Å². The average molecular weight is 277 g/mol. The zero-order chi connectivity index (χ0) is 14.7. The smallest absolute Gasteiger partial charge is 0.0766 e. The molecule has 0 spiro atoms. The SMILES string of the molecule is CCNC(c1cnc2ccccc2c1)c1cccc(C)n1. The van der Waals surface area contributed by atoms with Gasteiger partial charge in [-0.05, 0) is 43.3 Å². The molecule has 3 rings (SSSR count). The normalized spacial score (nSPS) is 12.5. The molecule has 0 aliphatic heterocycles. The fraction of sp³-hybridized carbons (Fsp3) is 0.222. The first-order chi connectivity index (χ1) is 10.3. The topological polar surface area (TPSA) is 37.8 Å². The van der Waals surface area contributed by atoms with Gasteiger partial charge in [0.25, 0.3) is 0 Å². The summed E-state index contributed by atoms with van der Waals surface area (Å²) < 4.78 is 0. The van der Waals surface area contributed by atoms with Crippen LogP contribution in [0.2, 0.25) is 0 Å². The van der Waals surface area contributed by atoms with E-state index in [1.165, 1.54) is 0 Å². The zero-order valence-corrected chi connectivity index (χ0v) is 12.4. The van der Waals surface area contributed by atoms with Gasteiger partial charge in [0.05, 0.1) is 17.3 Å². The first-order valence-corrected chi connectivity index (χ1v) is 7.29. The summed E-state index contributed by atoms with van der Waals surface area (Å²) in [6.07, 6.45) is 1.94. The Morgan fingerprint density at radius 2 is 1.95 bits per heavy atom. The Hall–Kier alpha value is -2.26. The molecule has 1 unspecified atom stereocenters. The number of para-hydroxylation sites is 1. The number of aryl methyl sites for hydroxylation is 1. The maximum absolute atomic E-state index is 4.66. The van der Waals surface area contributed by atoms with Gasteiger partial charge >= 0.3 is 0 Å². The molecule has 0 aliphatic rings. The fourth-order valence-corrected chi connectivity index (χ4v) is 2.57. The average Bonchev–Trinajstić information content (AvgIpc) is 2.52. The Labute approximate surface area is 125 Å². The van der Waals surface area contributed by atoms with Gasteiger partial charge in [-0.2, -0.15) is 0 Å². The molecule has 0 radical (unpaired) electrons. The van der Waals surface area contributed by atoms with E-state index in [1.54, 1.807) is 0 Å². The number of hydrogen-bond acceptors (Lipinski definition) is 3. The summed E-state index contributed by atoms with van der Waals surface area (Å²) >= 11 is 0. The number of rotatable bonds is 4. The van der Waals surface area contributed by atoms with Gasteiger partial charge < -0.3 is 5.32 Å². The summed E-state index contributed by atoms with van der Waals surface area (Å²) in [5, 5.41) is 4.66. The molecule has 3 heteroatoms. The molecule has 21 heavy (non-hydrogen) atoms. The second-order valence-corrected chi connectivity index (χ2v) is 5.16. The molecule has 0 saturated carbocycles. The van der Waals surface area contributed by atoms with Crippen LogP contribution < -0.4 is 5.32 Å². The number of pyridine rings is 2. The molecule has 3 aromatic rings. The van der Waals surface area contributed by atoms with E-state index in [4.69, 9.17) is 0 Å². The van der Waals surface area contributed by atoms with Crippen LogP contribution in [0, 0.1) is 6.92 Å². The lowest BCUT2D eigenvalue weighted by molar-refractivity contribution is 0.613. The second kappa shape index (κ2) is 6.02. The minimum absolute atomic E-state index is 0.0759. The molecule has 3 nitrogen and oxygen atoms in total. The number of fused-ring (bicyclic) bond motifs is 1. The van der Waals surface area contributed by atoms with Gasteiger partial charge in [0.2, 0.25) is 0 Å². The maximum atomic E-state index is 4.66. The van der Waals surface area contributed by atoms with Gasteiger partial charge in [0, 0.05) is 17.3 Å². The van der Waals surface area contributed by atoms with E-state index < -0.39 is 0 Å². The molecule has 0 saturated heterocycles. The highest BCUT2D eigenvalue weighted by atomic mass is 14.9. The van der Waals surface area contributed by atoms with Gasteiger partial charge in [-0.15, -0.1) is 0 Å². The summed E-state index contributed by atoms with van der Waals surface area (Å²) in [7, 11) is 0. The van der Waals surface area contributed by atoms with Crippen molar-refractivity contribution in [2.45, 2.75) is 19.9 Å². The van der Waals surface area contributed by atoms with Gasteiger partial charge in [0.1, 0.15) is 0 Å². The standard InChI is InChI=1S/C18H19N3/c1-3-19-18(17-10-6-7-13(2)21-17)15-11-14-8-4-5-9-16(14)20-12-15/h4-12,18-19H,3H2,1-2H3. The van der Waals surface area contributed by atoms with E-state index in [2.05, 4.69) is 46.5 Å². The van der Waals surface area contributed by atoms with Gasteiger partial charge in [-0.1, -0.05) is 31.2 Å². The Bertz CT molecular complexity index is 752. The minimum Gasteiger partial charge on any atom is -0.305 e. The predicted molar refractivity (Wildman–Crippen MR) is 86.2 cm³/mol. The number of aromatic nitrogens is 2. The fourth-order valence-electron chi connectivity index (χ4n) is 2.57. The Morgan fingerprint density at radius 1 is 1.10 bits per heavy atom. The molecule has 2 aromatic heterocycles. The summed E-state index contributed by atoms with van der Waals surface area (Å²) in [5.41, 5.74) is 4.24. The summed E-state index contributed by atoms with van der Waals surface area (Å²) in [5.74, 6) is 0. The molecule has 0 bridgehead atoms. The van der Waals surface area contributed by atoms with Crippen LogP contribution in [0.25, 0.3) is 10.9 Å². The van der Waals surface area contributed by atoms with Crippen LogP contribution in [0.1, 0.15) is 29.9 Å². The first-order valence-electron chi connectivity index (χ1n) is 7.29. The lowest BCUT2D eigenvalue weighted by Crippen LogP contribution is -2.23. The highest BCUT2D eigenvalue weighted by molar-refractivity contribution is 5.78. The van der Waals surface area contributed by atoms with Crippen LogP contribution in [0.3, 0.4) is 0 Å². The molecular weight excluding hydrogens is 258 g/mol. The Kier molecular flexibility index (Phi) is 3.93. The van der Waals surface area contributed by atoms with Crippen molar-refractivity contribution in [2.75, 3.05) is 6.54 Å². The molecule has 0 aliphatic carbocycles. The minimum atomic E-state index is 0.0759. The van der Waals surface area contributed by atoms with Crippen molar-refractivity contribution >= 4 is 10.9 Å². The molecule has 106 valence electrons. The highest BCUT2D eigenvalue weighted by Gasteiger charge is 2.15. The predicted octanol–water partition coefficient (Wildman–Crippen LogP) is 3.64. The van der Waals surface area contributed by atoms with Gasteiger partial charge in [-0.3, -0.25) is 9.97 Å². The molecule has 1 N–H and O–H groups in total. The highest BCUT2D eigenvalue weighted by Crippen LogP contribution is 2.23. The van der Waals surface area contributed by atoms with Crippen molar-refractivity contribution < 1.29 is 0 Å². The molecule has 2 heterocycles. The molecule has 1 aromatic carbocycles. The Morgan fingerprint density at radius 3 is 2.76 bits per heavy atom. The lowest BCUT2D eigenvalue weighted by atomic mass is 10.0. The largest absolute Gasteiger partial charge is 0.305 e. The van der Waals surface area contributed by atoms with E-state index in [-0.39, 0.29) is 6.04 Å². The third kappa shape index (κ3) is 2.93. The van der Waals surface area contributed by atoms with Crippen LogP contribution in [0.5, 0.6) is 0 Å². The maximum Gasteiger partial charge on any atom is 0.0766 e. The number of hydrogen-bond donors (Lipinski definition) is 1. The lowest BCUT2D eigenvalue weighted by Gasteiger charge is -2.18. The van der Waals surface area contributed by atoms with Crippen molar-refractivity contribution in [3.8, 4) is 0 Å². The molecular formula is C18H19N3. The third-order valence-corrected chi connectivity index (χ3v) is 3.56. The number of nitrogens with zero attached hydrogens (tertiary/aromatic N) is 2. The quantitative estimate of drug-likeness (QED) is 0.791.